The van der Waals surface area contributed by atoms with Crippen molar-refractivity contribution < 1.29 is 13.2 Å². The summed E-state index contributed by atoms with van der Waals surface area (Å²) in [5.74, 6) is 1.04. The van der Waals surface area contributed by atoms with Crippen LogP contribution >= 0.6 is 0 Å². The van der Waals surface area contributed by atoms with Crippen LogP contribution in [0.4, 0.5) is 0 Å². The fourth-order valence-electron chi connectivity index (χ4n) is 1.31. The molecule has 0 unspecified atom stereocenters. The first-order valence-electron chi connectivity index (χ1n) is 5.30. The zero-order chi connectivity index (χ0) is 13.7. The van der Waals surface area contributed by atoms with Gasteiger partial charge < -0.3 is 9.72 Å². The average molecular weight is 280 g/mol. The third-order valence-corrected chi connectivity index (χ3v) is 3.49. The number of aromatic amines is 1. The van der Waals surface area contributed by atoms with E-state index in [1.165, 1.54) is 25.5 Å². The van der Waals surface area contributed by atoms with E-state index >= 15 is 0 Å². The first-order chi connectivity index (χ1) is 9.12. The average Bonchev–Trinajstić information content (AvgIpc) is 2.92. The number of nitrogens with one attached hydrogen (secondary N) is 2. The highest BCUT2D eigenvalue weighted by atomic mass is 32.2. The van der Waals surface area contributed by atoms with Crippen LogP contribution in [0.15, 0.2) is 46.7 Å². The Morgan fingerprint density at radius 3 is 2.68 bits per heavy atom. The third kappa shape index (κ3) is 3.32. The number of benzene rings is 1. The summed E-state index contributed by atoms with van der Waals surface area (Å²) in [6.45, 7) is 0. The van der Waals surface area contributed by atoms with Gasteiger partial charge in [-0.1, -0.05) is 0 Å². The van der Waals surface area contributed by atoms with Crippen molar-refractivity contribution in [3.05, 3.63) is 42.5 Å². The topological polar surface area (TPSA) is 96.4 Å². The number of imidazole rings is 1. The Labute approximate surface area is 110 Å². The Kier molecular flexibility index (Phi) is 3.81. The Morgan fingerprint density at radius 1 is 1.37 bits per heavy atom. The molecule has 0 aliphatic rings. The van der Waals surface area contributed by atoms with Crippen LogP contribution in [-0.2, 0) is 10.0 Å². The predicted molar refractivity (Wildman–Crippen MR) is 69.5 cm³/mol. The number of nitrogens with zero attached hydrogens (tertiary/aromatic N) is 2. The molecular formula is C11H12N4O3S. The number of methoxy groups -OCH3 is 1. The molecule has 0 atom stereocenters. The van der Waals surface area contributed by atoms with Gasteiger partial charge in [-0.15, -0.1) is 0 Å². The lowest BCUT2D eigenvalue weighted by atomic mass is 10.3. The van der Waals surface area contributed by atoms with Crippen LogP contribution in [0.1, 0.15) is 5.82 Å². The third-order valence-electron chi connectivity index (χ3n) is 2.25. The van der Waals surface area contributed by atoms with Gasteiger partial charge in [0.05, 0.1) is 18.2 Å². The first-order valence-corrected chi connectivity index (χ1v) is 6.78. The molecule has 100 valence electrons. The van der Waals surface area contributed by atoms with Gasteiger partial charge in [-0.25, -0.2) is 4.98 Å². The SMILES string of the molecule is COc1ccc(S(=O)(=O)N/N=C\c2ncc[nH]2)cc1. The maximum absolute atomic E-state index is 11.9. The van der Waals surface area contributed by atoms with Crippen molar-refractivity contribution in [2.24, 2.45) is 5.10 Å². The summed E-state index contributed by atoms with van der Waals surface area (Å²) in [6, 6.07) is 5.99. The lowest BCUT2D eigenvalue weighted by molar-refractivity contribution is 0.414. The molecular weight excluding hydrogens is 268 g/mol. The van der Waals surface area contributed by atoms with Gasteiger partial charge in [0, 0.05) is 12.4 Å². The van der Waals surface area contributed by atoms with Gasteiger partial charge in [0.25, 0.3) is 10.0 Å². The molecule has 2 rings (SSSR count). The van der Waals surface area contributed by atoms with Crippen molar-refractivity contribution in [2.45, 2.75) is 4.90 Å². The smallest absolute Gasteiger partial charge is 0.276 e. The lowest BCUT2D eigenvalue weighted by Crippen LogP contribution is -2.18. The molecule has 0 radical (unpaired) electrons. The molecule has 0 fully saturated rings. The standard InChI is InChI=1S/C11H12N4O3S/c1-18-9-2-4-10(5-3-9)19(16,17)15-14-8-11-12-6-7-13-11/h2-8,15H,1H3,(H,12,13)/b14-8-. The summed E-state index contributed by atoms with van der Waals surface area (Å²) in [5, 5.41) is 3.62. The number of aromatic nitrogens is 2. The number of H-pyrrole nitrogens is 1. The van der Waals surface area contributed by atoms with E-state index in [1.807, 2.05) is 0 Å². The maximum atomic E-state index is 11.9. The van der Waals surface area contributed by atoms with Crippen LogP contribution in [0.3, 0.4) is 0 Å². The van der Waals surface area contributed by atoms with Crippen molar-refractivity contribution in [1.29, 1.82) is 0 Å². The molecule has 0 amide bonds. The Balaban J connectivity index is 2.09. The molecule has 8 heteroatoms. The number of rotatable bonds is 5. The molecule has 0 aliphatic carbocycles. The lowest BCUT2D eigenvalue weighted by Gasteiger charge is -2.04. The van der Waals surface area contributed by atoms with Crippen LogP contribution < -0.4 is 9.57 Å². The quantitative estimate of drug-likeness (QED) is 0.623. The highest BCUT2D eigenvalue weighted by molar-refractivity contribution is 7.89. The Morgan fingerprint density at radius 2 is 2.11 bits per heavy atom. The van der Waals surface area contributed by atoms with Gasteiger partial charge in [0.2, 0.25) is 0 Å². The number of sulfonamides is 1. The van der Waals surface area contributed by atoms with Gasteiger partial charge in [-0.3, -0.25) is 0 Å². The van der Waals surface area contributed by atoms with E-state index in [2.05, 4.69) is 19.9 Å². The van der Waals surface area contributed by atoms with Crippen LogP contribution in [0.25, 0.3) is 0 Å². The minimum absolute atomic E-state index is 0.102. The molecule has 0 spiro atoms. The molecule has 2 aromatic rings. The van der Waals surface area contributed by atoms with Gasteiger partial charge in [0.1, 0.15) is 11.6 Å². The normalized spacial score (nSPS) is 11.6. The van der Waals surface area contributed by atoms with E-state index < -0.39 is 10.0 Å². The van der Waals surface area contributed by atoms with Crippen LogP contribution in [0.5, 0.6) is 5.75 Å². The predicted octanol–water partition coefficient (Wildman–Crippen LogP) is 0.731. The monoisotopic (exact) mass is 280 g/mol. The number of hydrazone groups is 1. The van der Waals surface area contributed by atoms with E-state index in [0.29, 0.717) is 11.6 Å². The second-order valence-corrected chi connectivity index (χ2v) is 5.16. The van der Waals surface area contributed by atoms with Crippen LogP contribution in [-0.4, -0.2) is 31.7 Å². The molecule has 0 aliphatic heterocycles. The molecule has 0 bridgehead atoms. The second kappa shape index (κ2) is 5.53. The van der Waals surface area contributed by atoms with Crippen molar-refractivity contribution in [1.82, 2.24) is 14.8 Å². The van der Waals surface area contributed by atoms with Gasteiger partial charge in [-0.05, 0) is 24.3 Å². The van der Waals surface area contributed by atoms with E-state index in [-0.39, 0.29) is 4.90 Å². The zero-order valence-electron chi connectivity index (χ0n) is 10.1. The van der Waals surface area contributed by atoms with Gasteiger partial charge in [-0.2, -0.15) is 18.4 Å². The molecule has 0 saturated carbocycles. The molecule has 1 heterocycles. The molecule has 7 nitrogen and oxygen atoms in total. The molecule has 0 saturated heterocycles. The van der Waals surface area contributed by atoms with E-state index in [4.69, 9.17) is 4.74 Å². The highest BCUT2D eigenvalue weighted by Crippen LogP contribution is 2.15. The number of hydrogen-bond donors (Lipinski definition) is 2. The summed E-state index contributed by atoms with van der Waals surface area (Å²) < 4.78 is 28.7. The maximum Gasteiger partial charge on any atom is 0.276 e. The molecule has 2 N–H and O–H groups in total. The number of hydrogen-bond acceptors (Lipinski definition) is 5. The summed E-state index contributed by atoms with van der Waals surface area (Å²) in [6.07, 6.45) is 4.43. The minimum atomic E-state index is -3.68. The van der Waals surface area contributed by atoms with E-state index in [0.717, 1.165) is 0 Å². The first kappa shape index (κ1) is 13.1. The minimum Gasteiger partial charge on any atom is -0.497 e. The Hall–Kier alpha value is -2.35. The summed E-state index contributed by atoms with van der Waals surface area (Å²) in [4.78, 5) is 8.84. The summed E-state index contributed by atoms with van der Waals surface area (Å²) >= 11 is 0. The van der Waals surface area contributed by atoms with Crippen molar-refractivity contribution in [3.8, 4) is 5.75 Å². The molecule has 19 heavy (non-hydrogen) atoms. The van der Waals surface area contributed by atoms with Crippen molar-refractivity contribution >= 4 is 16.2 Å². The molecule has 1 aromatic heterocycles. The van der Waals surface area contributed by atoms with Crippen molar-refractivity contribution in [3.63, 3.8) is 0 Å². The van der Waals surface area contributed by atoms with Crippen LogP contribution in [0, 0.1) is 0 Å². The second-order valence-electron chi connectivity index (χ2n) is 3.50. The largest absolute Gasteiger partial charge is 0.497 e. The fraction of sp³-hybridized carbons (Fsp3) is 0.0909. The highest BCUT2D eigenvalue weighted by Gasteiger charge is 2.12. The van der Waals surface area contributed by atoms with E-state index in [1.54, 1.807) is 24.5 Å². The fourth-order valence-corrected chi connectivity index (χ4v) is 2.10. The van der Waals surface area contributed by atoms with Crippen molar-refractivity contribution in [2.75, 3.05) is 7.11 Å². The van der Waals surface area contributed by atoms with E-state index in [9.17, 15) is 8.42 Å². The van der Waals surface area contributed by atoms with Gasteiger partial charge in [0.15, 0.2) is 0 Å². The summed E-state index contributed by atoms with van der Waals surface area (Å²) in [7, 11) is -2.17. The van der Waals surface area contributed by atoms with Gasteiger partial charge >= 0.3 is 0 Å². The Bertz CT molecular complexity index is 648. The molecule has 1 aromatic carbocycles. The summed E-state index contributed by atoms with van der Waals surface area (Å²) in [5.41, 5.74) is 0. The van der Waals surface area contributed by atoms with Crippen LogP contribution in [0.2, 0.25) is 0 Å². The number of ether oxygens (including phenoxy) is 1. The zero-order valence-corrected chi connectivity index (χ0v) is 10.9.